The zero-order valence-electron chi connectivity index (χ0n) is 12.0. The summed E-state index contributed by atoms with van der Waals surface area (Å²) >= 11 is 0. The SMILES string of the molecule is CCCOc1ccc(CN2CCCCC2CN)cc1. The van der Waals surface area contributed by atoms with E-state index in [1.54, 1.807) is 0 Å². The van der Waals surface area contributed by atoms with E-state index in [9.17, 15) is 0 Å². The van der Waals surface area contributed by atoms with E-state index in [1.807, 2.05) is 0 Å². The molecule has 1 aromatic carbocycles. The van der Waals surface area contributed by atoms with Crippen LogP contribution in [-0.4, -0.2) is 30.6 Å². The minimum absolute atomic E-state index is 0.560. The van der Waals surface area contributed by atoms with E-state index < -0.39 is 0 Å². The summed E-state index contributed by atoms with van der Waals surface area (Å²) < 4.78 is 5.61. The molecule has 0 saturated carbocycles. The van der Waals surface area contributed by atoms with E-state index in [0.717, 1.165) is 31.9 Å². The number of hydrogen-bond acceptors (Lipinski definition) is 3. The maximum absolute atomic E-state index is 5.86. The first-order valence-corrected chi connectivity index (χ1v) is 7.49. The number of likely N-dealkylation sites (tertiary alicyclic amines) is 1. The first-order chi connectivity index (χ1) is 9.33. The van der Waals surface area contributed by atoms with E-state index in [-0.39, 0.29) is 0 Å². The van der Waals surface area contributed by atoms with Crippen LogP contribution in [0.1, 0.15) is 38.2 Å². The smallest absolute Gasteiger partial charge is 0.119 e. The highest BCUT2D eigenvalue weighted by molar-refractivity contribution is 5.27. The molecule has 0 bridgehead atoms. The predicted molar refractivity (Wildman–Crippen MR) is 79.3 cm³/mol. The van der Waals surface area contributed by atoms with Gasteiger partial charge in [0, 0.05) is 19.1 Å². The molecular formula is C16H26N2O. The molecule has 3 nitrogen and oxygen atoms in total. The highest BCUT2D eigenvalue weighted by atomic mass is 16.5. The Labute approximate surface area is 116 Å². The zero-order valence-corrected chi connectivity index (χ0v) is 12.0. The van der Waals surface area contributed by atoms with Crippen LogP contribution in [0.5, 0.6) is 5.75 Å². The summed E-state index contributed by atoms with van der Waals surface area (Å²) in [5.41, 5.74) is 7.22. The number of nitrogens with zero attached hydrogens (tertiary/aromatic N) is 1. The minimum Gasteiger partial charge on any atom is -0.494 e. The second-order valence-corrected chi connectivity index (χ2v) is 5.35. The van der Waals surface area contributed by atoms with Crippen LogP contribution in [0.15, 0.2) is 24.3 Å². The molecule has 19 heavy (non-hydrogen) atoms. The van der Waals surface area contributed by atoms with Crippen molar-refractivity contribution in [1.82, 2.24) is 4.90 Å². The Morgan fingerprint density at radius 1 is 1.26 bits per heavy atom. The van der Waals surface area contributed by atoms with Crippen molar-refractivity contribution in [1.29, 1.82) is 0 Å². The van der Waals surface area contributed by atoms with Gasteiger partial charge < -0.3 is 10.5 Å². The van der Waals surface area contributed by atoms with E-state index in [2.05, 4.69) is 36.1 Å². The molecule has 1 fully saturated rings. The maximum atomic E-state index is 5.86. The summed E-state index contributed by atoms with van der Waals surface area (Å²) in [4.78, 5) is 2.52. The molecular weight excluding hydrogens is 236 g/mol. The molecule has 1 atom stereocenters. The quantitative estimate of drug-likeness (QED) is 0.856. The van der Waals surface area contributed by atoms with E-state index in [0.29, 0.717) is 6.04 Å². The Kier molecular flexibility index (Phi) is 5.67. The monoisotopic (exact) mass is 262 g/mol. The molecule has 0 amide bonds. The minimum atomic E-state index is 0.560. The van der Waals surface area contributed by atoms with Crippen LogP contribution >= 0.6 is 0 Å². The standard InChI is InChI=1S/C16H26N2O/c1-2-11-19-16-8-6-14(7-9-16)13-18-10-4-3-5-15(18)12-17/h6-9,15H,2-5,10-13,17H2,1H3. The molecule has 1 unspecified atom stereocenters. The summed E-state index contributed by atoms with van der Waals surface area (Å²) in [7, 11) is 0. The van der Waals surface area contributed by atoms with Crippen LogP contribution in [-0.2, 0) is 6.54 Å². The van der Waals surface area contributed by atoms with Crippen molar-refractivity contribution in [2.24, 2.45) is 5.73 Å². The molecule has 1 aliphatic heterocycles. The van der Waals surface area contributed by atoms with Gasteiger partial charge in [-0.3, -0.25) is 4.90 Å². The van der Waals surface area contributed by atoms with Gasteiger partial charge in [-0.1, -0.05) is 25.5 Å². The molecule has 2 rings (SSSR count). The number of piperidine rings is 1. The van der Waals surface area contributed by atoms with Gasteiger partial charge in [0.2, 0.25) is 0 Å². The van der Waals surface area contributed by atoms with Gasteiger partial charge in [0.05, 0.1) is 6.61 Å². The maximum Gasteiger partial charge on any atom is 0.119 e. The Morgan fingerprint density at radius 2 is 2.05 bits per heavy atom. The third-order valence-electron chi connectivity index (χ3n) is 3.80. The van der Waals surface area contributed by atoms with Gasteiger partial charge in [0.1, 0.15) is 5.75 Å². The fourth-order valence-electron chi connectivity index (χ4n) is 2.68. The molecule has 1 aromatic rings. The van der Waals surface area contributed by atoms with Crippen molar-refractivity contribution in [3.8, 4) is 5.75 Å². The lowest BCUT2D eigenvalue weighted by Gasteiger charge is -2.35. The molecule has 0 aromatic heterocycles. The molecule has 106 valence electrons. The van der Waals surface area contributed by atoms with Crippen molar-refractivity contribution in [3.63, 3.8) is 0 Å². The largest absolute Gasteiger partial charge is 0.494 e. The first-order valence-electron chi connectivity index (χ1n) is 7.49. The van der Waals surface area contributed by atoms with E-state index >= 15 is 0 Å². The summed E-state index contributed by atoms with van der Waals surface area (Å²) in [6.07, 6.45) is 4.91. The summed E-state index contributed by atoms with van der Waals surface area (Å²) in [6, 6.07) is 9.06. The topological polar surface area (TPSA) is 38.5 Å². The van der Waals surface area contributed by atoms with Crippen molar-refractivity contribution in [2.75, 3.05) is 19.7 Å². The van der Waals surface area contributed by atoms with E-state index in [1.165, 1.54) is 31.4 Å². The molecule has 1 aliphatic rings. The van der Waals surface area contributed by atoms with Crippen molar-refractivity contribution in [2.45, 2.75) is 45.2 Å². The fraction of sp³-hybridized carbons (Fsp3) is 0.625. The Balaban J connectivity index is 1.90. The van der Waals surface area contributed by atoms with Crippen LogP contribution in [0.3, 0.4) is 0 Å². The second kappa shape index (κ2) is 7.51. The Bertz CT molecular complexity index is 364. The lowest BCUT2D eigenvalue weighted by molar-refractivity contribution is 0.145. The summed E-state index contributed by atoms with van der Waals surface area (Å²) in [6.45, 7) is 5.88. The van der Waals surface area contributed by atoms with E-state index in [4.69, 9.17) is 10.5 Å². The van der Waals surface area contributed by atoms with Crippen LogP contribution < -0.4 is 10.5 Å². The number of ether oxygens (including phenoxy) is 1. The average molecular weight is 262 g/mol. The predicted octanol–water partition coefficient (Wildman–Crippen LogP) is 2.79. The third-order valence-corrected chi connectivity index (χ3v) is 3.80. The Hall–Kier alpha value is -1.06. The lowest BCUT2D eigenvalue weighted by Crippen LogP contribution is -2.43. The molecule has 0 spiro atoms. The number of rotatable bonds is 6. The number of hydrogen-bond donors (Lipinski definition) is 1. The normalized spacial score (nSPS) is 20.4. The van der Waals surface area contributed by atoms with Crippen LogP contribution in [0.25, 0.3) is 0 Å². The average Bonchev–Trinajstić information content (AvgIpc) is 2.47. The zero-order chi connectivity index (χ0) is 13.5. The fourth-order valence-corrected chi connectivity index (χ4v) is 2.68. The molecule has 3 heteroatoms. The van der Waals surface area contributed by atoms with Gasteiger partial charge >= 0.3 is 0 Å². The highest BCUT2D eigenvalue weighted by Crippen LogP contribution is 2.20. The van der Waals surface area contributed by atoms with Crippen LogP contribution in [0.4, 0.5) is 0 Å². The van der Waals surface area contributed by atoms with Gasteiger partial charge in [0.25, 0.3) is 0 Å². The molecule has 1 heterocycles. The summed E-state index contributed by atoms with van der Waals surface area (Å²) in [5.74, 6) is 0.972. The molecule has 2 N–H and O–H groups in total. The van der Waals surface area contributed by atoms with Crippen LogP contribution in [0, 0.1) is 0 Å². The van der Waals surface area contributed by atoms with Crippen molar-refractivity contribution >= 4 is 0 Å². The van der Waals surface area contributed by atoms with Gasteiger partial charge in [-0.25, -0.2) is 0 Å². The van der Waals surface area contributed by atoms with Gasteiger partial charge in [0.15, 0.2) is 0 Å². The first kappa shape index (κ1) is 14.4. The van der Waals surface area contributed by atoms with Gasteiger partial charge in [-0.15, -0.1) is 0 Å². The van der Waals surface area contributed by atoms with Crippen molar-refractivity contribution in [3.05, 3.63) is 29.8 Å². The Morgan fingerprint density at radius 3 is 2.74 bits per heavy atom. The molecule has 1 saturated heterocycles. The van der Waals surface area contributed by atoms with Gasteiger partial charge in [-0.2, -0.15) is 0 Å². The van der Waals surface area contributed by atoms with Crippen LogP contribution in [0.2, 0.25) is 0 Å². The third kappa shape index (κ3) is 4.22. The summed E-state index contributed by atoms with van der Waals surface area (Å²) in [5, 5.41) is 0. The van der Waals surface area contributed by atoms with Gasteiger partial charge in [-0.05, 0) is 43.5 Å². The molecule has 0 radical (unpaired) electrons. The molecule has 0 aliphatic carbocycles. The highest BCUT2D eigenvalue weighted by Gasteiger charge is 2.20. The lowest BCUT2D eigenvalue weighted by atomic mass is 10.0. The number of nitrogens with two attached hydrogens (primary N) is 1. The van der Waals surface area contributed by atoms with Crippen molar-refractivity contribution < 1.29 is 4.74 Å². The number of benzene rings is 1. The second-order valence-electron chi connectivity index (χ2n) is 5.35.